The number of carbonyl (C=O) groups is 3. The number of carbonyl (C=O) groups excluding carboxylic acids is 3. The molecule has 9 heteroatoms. The number of amides is 2. The SMILES string of the molecule is COC(=O)c1ccccc1-c1ccc(CNC(=O)C2(NC(=O)CC(F)(F)F)CCC2)cc1. The van der Waals surface area contributed by atoms with Gasteiger partial charge in [0.1, 0.15) is 12.0 Å². The first-order chi connectivity index (χ1) is 15.1. The highest BCUT2D eigenvalue weighted by Crippen LogP contribution is 2.33. The standard InChI is InChI=1S/C23H23F3N2O4/c1-32-20(30)18-6-3-2-5-17(18)16-9-7-15(8-10-16)14-27-21(31)22(11-4-12-22)28-19(29)13-23(24,25)26/h2-3,5-10H,4,11-14H2,1H3,(H,27,31)(H,28,29). The van der Waals surface area contributed by atoms with Gasteiger partial charge in [0.05, 0.1) is 12.7 Å². The molecule has 1 aliphatic carbocycles. The molecule has 0 bridgehead atoms. The molecule has 2 amide bonds. The van der Waals surface area contributed by atoms with E-state index < -0.39 is 35.9 Å². The summed E-state index contributed by atoms with van der Waals surface area (Å²) in [6.07, 6.45) is -5.00. The fraction of sp³-hybridized carbons (Fsp3) is 0.348. The molecule has 2 aromatic rings. The molecule has 0 spiro atoms. The molecule has 6 nitrogen and oxygen atoms in total. The van der Waals surface area contributed by atoms with Crippen LogP contribution in [0, 0.1) is 0 Å². The third kappa shape index (κ3) is 5.46. The average molecular weight is 448 g/mol. The summed E-state index contributed by atoms with van der Waals surface area (Å²) >= 11 is 0. The van der Waals surface area contributed by atoms with E-state index in [1.165, 1.54) is 7.11 Å². The lowest BCUT2D eigenvalue weighted by Gasteiger charge is -2.40. The number of nitrogens with one attached hydrogen (secondary N) is 2. The molecule has 170 valence electrons. The molecule has 2 N–H and O–H groups in total. The summed E-state index contributed by atoms with van der Waals surface area (Å²) in [5, 5.41) is 4.96. The first-order valence-electron chi connectivity index (χ1n) is 10.1. The Morgan fingerprint density at radius 2 is 1.69 bits per heavy atom. The maximum absolute atomic E-state index is 12.6. The minimum Gasteiger partial charge on any atom is -0.465 e. The number of benzene rings is 2. The van der Waals surface area contributed by atoms with Crippen LogP contribution in [0.3, 0.4) is 0 Å². The Morgan fingerprint density at radius 3 is 2.25 bits per heavy atom. The Labute approximate surface area is 183 Å². The summed E-state index contributed by atoms with van der Waals surface area (Å²) in [5.74, 6) is -2.16. The Kier molecular flexibility index (Phi) is 6.86. The summed E-state index contributed by atoms with van der Waals surface area (Å²) in [6, 6.07) is 14.2. The van der Waals surface area contributed by atoms with E-state index in [0.717, 1.165) is 11.1 Å². The van der Waals surface area contributed by atoms with E-state index in [2.05, 4.69) is 10.6 Å². The Hall–Kier alpha value is -3.36. The molecule has 0 saturated heterocycles. The van der Waals surface area contributed by atoms with E-state index in [4.69, 9.17) is 4.74 Å². The highest BCUT2D eigenvalue weighted by molar-refractivity contribution is 5.97. The summed E-state index contributed by atoms with van der Waals surface area (Å²) < 4.78 is 42.1. The normalized spacial score (nSPS) is 14.8. The quantitative estimate of drug-likeness (QED) is 0.632. The highest BCUT2D eigenvalue weighted by Gasteiger charge is 2.46. The molecule has 1 aliphatic rings. The molecular formula is C23H23F3N2O4. The smallest absolute Gasteiger partial charge is 0.397 e. The Morgan fingerprint density at radius 1 is 1.03 bits per heavy atom. The second-order valence-electron chi connectivity index (χ2n) is 7.69. The van der Waals surface area contributed by atoms with Crippen molar-refractivity contribution in [2.75, 3.05) is 7.11 Å². The van der Waals surface area contributed by atoms with Crippen molar-refractivity contribution in [3.8, 4) is 11.1 Å². The van der Waals surface area contributed by atoms with Gasteiger partial charge in [-0.15, -0.1) is 0 Å². The zero-order chi connectivity index (χ0) is 23.4. The second-order valence-corrected chi connectivity index (χ2v) is 7.69. The topological polar surface area (TPSA) is 84.5 Å². The number of methoxy groups -OCH3 is 1. The zero-order valence-corrected chi connectivity index (χ0v) is 17.4. The van der Waals surface area contributed by atoms with Crippen LogP contribution in [-0.2, 0) is 20.9 Å². The van der Waals surface area contributed by atoms with Crippen molar-refractivity contribution in [2.45, 2.75) is 43.9 Å². The lowest BCUT2D eigenvalue weighted by Crippen LogP contribution is -2.63. The van der Waals surface area contributed by atoms with Gasteiger partial charge in [-0.2, -0.15) is 13.2 Å². The van der Waals surface area contributed by atoms with Crippen molar-refractivity contribution in [1.29, 1.82) is 0 Å². The third-order valence-corrected chi connectivity index (χ3v) is 5.43. The van der Waals surface area contributed by atoms with E-state index in [-0.39, 0.29) is 6.54 Å². The maximum atomic E-state index is 12.6. The lowest BCUT2D eigenvalue weighted by molar-refractivity contribution is -0.158. The van der Waals surface area contributed by atoms with Crippen LogP contribution in [-0.4, -0.2) is 36.6 Å². The van der Waals surface area contributed by atoms with Crippen molar-refractivity contribution in [2.24, 2.45) is 0 Å². The average Bonchev–Trinajstić information content (AvgIpc) is 2.73. The van der Waals surface area contributed by atoms with Crippen LogP contribution >= 0.6 is 0 Å². The fourth-order valence-corrected chi connectivity index (χ4v) is 3.61. The van der Waals surface area contributed by atoms with Crippen molar-refractivity contribution in [3.63, 3.8) is 0 Å². The van der Waals surface area contributed by atoms with Gasteiger partial charge in [-0.25, -0.2) is 4.79 Å². The van der Waals surface area contributed by atoms with Gasteiger partial charge in [0.25, 0.3) is 0 Å². The van der Waals surface area contributed by atoms with Crippen molar-refractivity contribution in [3.05, 3.63) is 59.7 Å². The summed E-state index contributed by atoms with van der Waals surface area (Å²) in [4.78, 5) is 36.2. The minimum atomic E-state index is -4.63. The van der Waals surface area contributed by atoms with E-state index >= 15 is 0 Å². The third-order valence-electron chi connectivity index (χ3n) is 5.43. The van der Waals surface area contributed by atoms with Gasteiger partial charge in [-0.05, 0) is 42.0 Å². The maximum Gasteiger partial charge on any atom is 0.397 e. The molecule has 0 aliphatic heterocycles. The number of halogens is 3. The van der Waals surface area contributed by atoms with Gasteiger partial charge < -0.3 is 15.4 Å². The van der Waals surface area contributed by atoms with E-state index in [9.17, 15) is 27.6 Å². The number of rotatable bonds is 7. The molecular weight excluding hydrogens is 425 g/mol. The fourth-order valence-electron chi connectivity index (χ4n) is 3.61. The van der Waals surface area contributed by atoms with Crippen LogP contribution in [0.25, 0.3) is 11.1 Å². The summed E-state index contributed by atoms with van der Waals surface area (Å²) in [5.41, 5.74) is 1.39. The predicted molar refractivity (Wildman–Crippen MR) is 110 cm³/mol. The van der Waals surface area contributed by atoms with Crippen LogP contribution in [0.15, 0.2) is 48.5 Å². The number of alkyl halides is 3. The molecule has 1 fully saturated rings. The number of hydrogen-bond acceptors (Lipinski definition) is 4. The first-order valence-corrected chi connectivity index (χ1v) is 10.1. The molecule has 0 heterocycles. The molecule has 0 aromatic heterocycles. The van der Waals surface area contributed by atoms with Crippen LogP contribution in [0.4, 0.5) is 13.2 Å². The van der Waals surface area contributed by atoms with Crippen LogP contribution in [0.1, 0.15) is 41.6 Å². The number of esters is 1. The summed E-state index contributed by atoms with van der Waals surface area (Å²) in [6.45, 7) is 0.147. The largest absolute Gasteiger partial charge is 0.465 e. The van der Waals surface area contributed by atoms with Gasteiger partial charge in [0.2, 0.25) is 11.8 Å². The van der Waals surface area contributed by atoms with Gasteiger partial charge in [-0.3, -0.25) is 9.59 Å². The van der Waals surface area contributed by atoms with Gasteiger partial charge in [0.15, 0.2) is 0 Å². The van der Waals surface area contributed by atoms with Crippen molar-refractivity contribution < 1.29 is 32.3 Å². The highest BCUT2D eigenvalue weighted by atomic mass is 19.4. The van der Waals surface area contributed by atoms with Gasteiger partial charge in [-0.1, -0.05) is 42.5 Å². The van der Waals surface area contributed by atoms with E-state index in [1.807, 2.05) is 0 Å². The molecule has 0 atom stereocenters. The molecule has 32 heavy (non-hydrogen) atoms. The number of ether oxygens (including phenoxy) is 1. The summed E-state index contributed by atoms with van der Waals surface area (Å²) in [7, 11) is 1.31. The number of hydrogen-bond donors (Lipinski definition) is 2. The zero-order valence-electron chi connectivity index (χ0n) is 17.4. The molecule has 1 saturated carbocycles. The predicted octanol–water partition coefficient (Wildman–Crippen LogP) is 3.75. The first kappa shape index (κ1) is 23.3. The van der Waals surface area contributed by atoms with Gasteiger partial charge in [0, 0.05) is 6.54 Å². The van der Waals surface area contributed by atoms with Crippen LogP contribution in [0.5, 0.6) is 0 Å². The monoisotopic (exact) mass is 448 g/mol. The van der Waals surface area contributed by atoms with E-state index in [0.29, 0.717) is 30.4 Å². The van der Waals surface area contributed by atoms with Crippen molar-refractivity contribution in [1.82, 2.24) is 10.6 Å². The Balaban J connectivity index is 1.64. The van der Waals surface area contributed by atoms with E-state index in [1.54, 1.807) is 48.5 Å². The molecule has 3 rings (SSSR count). The van der Waals surface area contributed by atoms with Crippen LogP contribution < -0.4 is 10.6 Å². The van der Waals surface area contributed by atoms with Crippen LogP contribution in [0.2, 0.25) is 0 Å². The molecule has 0 radical (unpaired) electrons. The minimum absolute atomic E-state index is 0.147. The van der Waals surface area contributed by atoms with Crippen molar-refractivity contribution >= 4 is 17.8 Å². The Bertz CT molecular complexity index is 999. The molecule has 2 aromatic carbocycles. The lowest BCUT2D eigenvalue weighted by atomic mass is 9.75. The van der Waals surface area contributed by atoms with Gasteiger partial charge >= 0.3 is 12.1 Å². The molecule has 0 unspecified atom stereocenters. The second kappa shape index (κ2) is 9.42.